The average Bonchev–Trinajstić information content (AvgIpc) is 2.97. The Bertz CT molecular complexity index is 782. The van der Waals surface area contributed by atoms with Gasteiger partial charge in [-0.05, 0) is 31.2 Å². The van der Waals surface area contributed by atoms with Gasteiger partial charge in [0.05, 0.1) is 6.04 Å². The lowest BCUT2D eigenvalue weighted by Crippen LogP contribution is -2.52. The average molecular weight is 443 g/mol. The fourth-order valence-corrected chi connectivity index (χ4v) is 4.46. The maximum Gasteiger partial charge on any atom is 0.315 e. The first-order valence-electron chi connectivity index (χ1n) is 11.9. The van der Waals surface area contributed by atoms with Crippen molar-refractivity contribution >= 4 is 17.8 Å². The van der Waals surface area contributed by atoms with Crippen molar-refractivity contribution in [2.45, 2.75) is 71.4 Å². The van der Waals surface area contributed by atoms with E-state index in [4.69, 9.17) is 0 Å². The quantitative estimate of drug-likeness (QED) is 0.733. The lowest BCUT2D eigenvalue weighted by Gasteiger charge is -2.36. The maximum atomic E-state index is 12.9. The van der Waals surface area contributed by atoms with Crippen molar-refractivity contribution in [1.82, 2.24) is 20.4 Å². The Morgan fingerprint density at radius 2 is 1.72 bits per heavy atom. The summed E-state index contributed by atoms with van der Waals surface area (Å²) in [5, 5.41) is 6.19. The Labute approximate surface area is 191 Å². The predicted octanol–water partition coefficient (Wildman–Crippen LogP) is 3.47. The van der Waals surface area contributed by atoms with Crippen LogP contribution in [0.25, 0.3) is 0 Å². The van der Waals surface area contributed by atoms with Crippen molar-refractivity contribution in [2.24, 2.45) is 5.41 Å². The third-order valence-electron chi connectivity index (χ3n) is 6.34. The molecule has 1 aromatic rings. The van der Waals surface area contributed by atoms with E-state index in [1.807, 2.05) is 60.9 Å². The molecule has 32 heavy (non-hydrogen) atoms. The van der Waals surface area contributed by atoms with Crippen LogP contribution < -0.4 is 10.6 Å². The van der Waals surface area contributed by atoms with Crippen molar-refractivity contribution in [3.63, 3.8) is 0 Å². The van der Waals surface area contributed by atoms with Gasteiger partial charge in [-0.1, -0.05) is 57.5 Å². The molecule has 7 nitrogen and oxygen atoms in total. The zero-order chi connectivity index (χ0) is 23.1. The largest absolute Gasteiger partial charge is 0.342 e. The van der Waals surface area contributed by atoms with Crippen LogP contribution in [0.1, 0.15) is 70.9 Å². The Morgan fingerprint density at radius 1 is 1.03 bits per heavy atom. The van der Waals surface area contributed by atoms with Crippen LogP contribution in [0.15, 0.2) is 30.3 Å². The van der Waals surface area contributed by atoms with Gasteiger partial charge >= 0.3 is 6.03 Å². The van der Waals surface area contributed by atoms with Gasteiger partial charge in [0.15, 0.2) is 0 Å². The predicted molar refractivity (Wildman–Crippen MR) is 125 cm³/mol. The molecule has 2 saturated heterocycles. The fraction of sp³-hybridized carbons (Fsp3) is 0.640. The van der Waals surface area contributed by atoms with Gasteiger partial charge in [-0.15, -0.1) is 0 Å². The van der Waals surface area contributed by atoms with Gasteiger partial charge in [-0.25, -0.2) is 4.79 Å². The second-order valence-corrected chi connectivity index (χ2v) is 10.0. The fourth-order valence-electron chi connectivity index (χ4n) is 4.46. The van der Waals surface area contributed by atoms with Crippen LogP contribution in [0.3, 0.4) is 0 Å². The van der Waals surface area contributed by atoms with Gasteiger partial charge in [-0.2, -0.15) is 0 Å². The molecule has 0 aromatic heterocycles. The highest BCUT2D eigenvalue weighted by atomic mass is 16.2. The molecule has 0 bridgehead atoms. The molecule has 0 spiro atoms. The summed E-state index contributed by atoms with van der Waals surface area (Å²) in [7, 11) is 0. The van der Waals surface area contributed by atoms with Crippen LogP contribution in [0.4, 0.5) is 4.79 Å². The molecule has 1 atom stereocenters. The molecule has 4 amide bonds. The summed E-state index contributed by atoms with van der Waals surface area (Å²) < 4.78 is 0. The Balaban J connectivity index is 1.57. The molecule has 0 saturated carbocycles. The van der Waals surface area contributed by atoms with Crippen molar-refractivity contribution in [3.05, 3.63) is 35.9 Å². The van der Waals surface area contributed by atoms with Gasteiger partial charge in [0, 0.05) is 44.1 Å². The van der Waals surface area contributed by atoms with E-state index in [9.17, 15) is 14.4 Å². The number of hydrogen-bond donors (Lipinski definition) is 2. The van der Waals surface area contributed by atoms with Crippen LogP contribution in [-0.2, 0) is 9.59 Å². The Hall–Kier alpha value is -2.57. The molecule has 1 aromatic carbocycles. The minimum absolute atomic E-state index is 0.0373. The van der Waals surface area contributed by atoms with Crippen molar-refractivity contribution < 1.29 is 14.4 Å². The highest BCUT2D eigenvalue weighted by Gasteiger charge is 2.31. The third kappa shape index (κ3) is 6.71. The molecule has 7 heteroatoms. The first kappa shape index (κ1) is 24.1. The summed E-state index contributed by atoms with van der Waals surface area (Å²) in [6, 6.07) is 9.39. The van der Waals surface area contributed by atoms with E-state index in [2.05, 4.69) is 10.6 Å². The number of nitrogens with one attached hydrogen (secondary N) is 2. The SMILES string of the molecule is CC(C)(C)C(=O)N1CCC(NC(=O)N[C@@H](CN2CCCCCC2=O)c2ccccc2)CC1. The van der Waals surface area contributed by atoms with Crippen molar-refractivity contribution in [1.29, 1.82) is 0 Å². The molecule has 2 N–H and O–H groups in total. The van der Waals surface area contributed by atoms with Gasteiger partial charge in [0.25, 0.3) is 0 Å². The monoisotopic (exact) mass is 442 g/mol. The van der Waals surface area contributed by atoms with E-state index >= 15 is 0 Å². The molecule has 0 aliphatic carbocycles. The minimum atomic E-state index is -0.384. The van der Waals surface area contributed by atoms with E-state index in [-0.39, 0.29) is 35.3 Å². The highest BCUT2D eigenvalue weighted by molar-refractivity contribution is 5.81. The number of nitrogens with zero attached hydrogens (tertiary/aromatic N) is 2. The van der Waals surface area contributed by atoms with Gasteiger partial charge in [0.1, 0.15) is 0 Å². The third-order valence-corrected chi connectivity index (χ3v) is 6.34. The Kier molecular flexibility index (Phi) is 8.15. The van der Waals surface area contributed by atoms with Crippen molar-refractivity contribution in [3.8, 4) is 0 Å². The normalized spacial score (nSPS) is 19.3. The number of carbonyl (C=O) groups excluding carboxylic acids is 3. The van der Waals surface area contributed by atoms with Crippen LogP contribution in [0, 0.1) is 5.41 Å². The van der Waals surface area contributed by atoms with Crippen LogP contribution in [-0.4, -0.2) is 59.9 Å². The second-order valence-electron chi connectivity index (χ2n) is 10.0. The number of amides is 4. The smallest absolute Gasteiger partial charge is 0.315 e. The van der Waals surface area contributed by atoms with E-state index in [0.717, 1.165) is 44.2 Å². The molecule has 2 aliphatic rings. The van der Waals surface area contributed by atoms with Crippen LogP contribution >= 0.6 is 0 Å². The molecule has 0 unspecified atom stereocenters. The zero-order valence-corrected chi connectivity index (χ0v) is 19.7. The zero-order valence-electron chi connectivity index (χ0n) is 19.7. The molecular weight excluding hydrogens is 404 g/mol. The van der Waals surface area contributed by atoms with Gasteiger partial charge in [0.2, 0.25) is 11.8 Å². The number of hydrogen-bond acceptors (Lipinski definition) is 3. The number of likely N-dealkylation sites (tertiary alicyclic amines) is 2. The van der Waals surface area contributed by atoms with Crippen molar-refractivity contribution in [2.75, 3.05) is 26.2 Å². The van der Waals surface area contributed by atoms with Gasteiger partial charge < -0.3 is 20.4 Å². The number of carbonyl (C=O) groups is 3. The summed E-state index contributed by atoms with van der Waals surface area (Å²) in [6.45, 7) is 8.35. The summed E-state index contributed by atoms with van der Waals surface area (Å²) in [5.74, 6) is 0.327. The number of urea groups is 1. The van der Waals surface area contributed by atoms with E-state index in [0.29, 0.717) is 26.1 Å². The maximum absolute atomic E-state index is 12.9. The van der Waals surface area contributed by atoms with Crippen LogP contribution in [0.2, 0.25) is 0 Å². The highest BCUT2D eigenvalue weighted by Crippen LogP contribution is 2.22. The Morgan fingerprint density at radius 3 is 2.38 bits per heavy atom. The number of piperidine rings is 1. The van der Waals surface area contributed by atoms with Gasteiger partial charge in [-0.3, -0.25) is 9.59 Å². The summed E-state index contributed by atoms with van der Waals surface area (Å²) in [6.07, 6.45) is 5.09. The van der Waals surface area contributed by atoms with Crippen LogP contribution in [0.5, 0.6) is 0 Å². The molecule has 2 fully saturated rings. The van der Waals surface area contributed by atoms with E-state index in [1.54, 1.807) is 0 Å². The second kappa shape index (κ2) is 10.8. The molecule has 176 valence electrons. The summed E-state index contributed by atoms with van der Waals surface area (Å²) in [4.78, 5) is 41.6. The first-order valence-corrected chi connectivity index (χ1v) is 11.9. The molecule has 2 aliphatic heterocycles. The first-order chi connectivity index (χ1) is 15.2. The number of rotatable bonds is 5. The summed E-state index contributed by atoms with van der Waals surface area (Å²) in [5.41, 5.74) is 0.607. The molecular formula is C25H38N4O3. The molecule has 0 radical (unpaired) electrons. The molecule has 3 rings (SSSR count). The number of benzene rings is 1. The van der Waals surface area contributed by atoms with E-state index < -0.39 is 0 Å². The topological polar surface area (TPSA) is 81.8 Å². The molecule has 2 heterocycles. The van der Waals surface area contributed by atoms with E-state index in [1.165, 1.54) is 0 Å². The lowest BCUT2D eigenvalue weighted by molar-refractivity contribution is -0.140. The standard InChI is InChI=1S/C25H38N4O3/c1-25(2,3)23(31)28-16-13-20(14-17-28)26-24(32)27-21(19-10-6-4-7-11-19)18-29-15-9-5-8-12-22(29)30/h4,6-7,10-11,20-21H,5,8-9,12-18H2,1-3H3,(H2,26,27,32)/t21-/m0/s1. The lowest BCUT2D eigenvalue weighted by atomic mass is 9.93. The summed E-state index contributed by atoms with van der Waals surface area (Å²) >= 11 is 0. The minimum Gasteiger partial charge on any atom is -0.342 e.